The number of nitrogens with zero attached hydrogens (tertiary/aromatic N) is 2. The number of nitrogens with one attached hydrogen (secondary N) is 2. The second-order valence-corrected chi connectivity index (χ2v) is 8.25. The van der Waals surface area contributed by atoms with E-state index >= 15 is 0 Å². The molecule has 1 aromatic carbocycles. The van der Waals surface area contributed by atoms with E-state index in [2.05, 4.69) is 15.6 Å². The van der Waals surface area contributed by atoms with Gasteiger partial charge in [0.05, 0.1) is 12.1 Å². The number of guanidine groups is 1. The highest BCUT2D eigenvalue weighted by atomic mass is 127. The van der Waals surface area contributed by atoms with Crippen LogP contribution in [0.2, 0.25) is 0 Å². The Labute approximate surface area is 197 Å². The summed E-state index contributed by atoms with van der Waals surface area (Å²) < 4.78 is 64.4. The smallest absolute Gasteiger partial charge is 0.356 e. The van der Waals surface area contributed by atoms with E-state index in [9.17, 15) is 22.0 Å². The van der Waals surface area contributed by atoms with Gasteiger partial charge < -0.3 is 10.6 Å². The van der Waals surface area contributed by atoms with Crippen LogP contribution in [0.3, 0.4) is 0 Å². The highest BCUT2D eigenvalue weighted by molar-refractivity contribution is 14.0. The lowest BCUT2D eigenvalue weighted by molar-refractivity contribution is -0.137. The van der Waals surface area contributed by atoms with Crippen molar-refractivity contribution in [2.24, 2.45) is 4.99 Å². The van der Waals surface area contributed by atoms with Crippen LogP contribution >= 0.6 is 24.0 Å². The van der Waals surface area contributed by atoms with Crippen molar-refractivity contribution in [1.29, 1.82) is 0 Å². The summed E-state index contributed by atoms with van der Waals surface area (Å²) in [4.78, 5) is 6.00. The molecule has 31 heavy (non-hydrogen) atoms. The van der Waals surface area contributed by atoms with Crippen molar-refractivity contribution in [1.82, 2.24) is 15.5 Å². The monoisotopic (exact) mass is 560 g/mol. The average molecular weight is 560 g/mol. The zero-order chi connectivity index (χ0) is 21.8. The van der Waals surface area contributed by atoms with Crippen molar-refractivity contribution in [3.05, 3.63) is 35.4 Å². The Morgan fingerprint density at radius 1 is 1.23 bits per heavy atom. The molecular weight excluding hydrogens is 530 g/mol. The van der Waals surface area contributed by atoms with Crippen LogP contribution in [0.1, 0.15) is 43.2 Å². The summed E-state index contributed by atoms with van der Waals surface area (Å²) in [6.45, 7) is 1.51. The molecule has 4 nitrogen and oxygen atoms in total. The summed E-state index contributed by atoms with van der Waals surface area (Å²) in [7, 11) is 1.65. The van der Waals surface area contributed by atoms with Crippen molar-refractivity contribution >= 4 is 29.9 Å². The third-order valence-electron chi connectivity index (χ3n) is 6.26. The summed E-state index contributed by atoms with van der Waals surface area (Å²) in [5.74, 6) is 0.598. The maximum Gasteiger partial charge on any atom is 0.416 e. The summed E-state index contributed by atoms with van der Waals surface area (Å²) in [5, 5.41) is 6.62. The molecule has 1 aliphatic carbocycles. The number of rotatable bonds is 6. The predicted octanol–water partition coefficient (Wildman–Crippen LogP) is 4.64. The molecule has 0 unspecified atom stereocenters. The highest BCUT2D eigenvalue weighted by Crippen LogP contribution is 2.44. The molecule has 0 atom stereocenters. The van der Waals surface area contributed by atoms with Crippen LogP contribution < -0.4 is 10.6 Å². The lowest BCUT2D eigenvalue weighted by Crippen LogP contribution is -2.53. The fraction of sp³-hybridized carbons (Fsp3) is 0.667. The van der Waals surface area contributed by atoms with Crippen molar-refractivity contribution in [3.8, 4) is 0 Å². The molecule has 0 amide bonds. The number of piperidine rings is 1. The first-order valence-corrected chi connectivity index (χ1v) is 10.4. The molecule has 1 aromatic rings. The number of aliphatic imine (C=N–C) groups is 1. The second kappa shape index (κ2) is 11.1. The molecule has 0 radical (unpaired) electrons. The number of halogens is 6. The van der Waals surface area contributed by atoms with E-state index in [4.69, 9.17) is 0 Å². The SMILES string of the molecule is CN=C(NCC1(c2cccc(C(F)(F)F)c2)CCC1)NC1CCN(CC(F)F)CC1.I. The Balaban J connectivity index is 0.00000341. The number of hydrogen-bond donors (Lipinski definition) is 2. The van der Waals surface area contributed by atoms with Gasteiger partial charge in [0.25, 0.3) is 6.43 Å². The van der Waals surface area contributed by atoms with Crippen molar-refractivity contribution in [2.45, 2.75) is 56.2 Å². The standard InChI is InChI=1S/C21H29F5N4.HI/c1-27-19(29-17-6-10-30(11-7-17)13-18(22)23)28-14-20(8-3-9-20)15-4-2-5-16(12-15)21(24,25)26;/h2,4-5,12,17-18H,3,6-11,13-14H2,1H3,(H2,27,28,29);1H. The molecule has 10 heteroatoms. The Kier molecular flexibility index (Phi) is 9.35. The fourth-order valence-electron chi connectivity index (χ4n) is 4.29. The van der Waals surface area contributed by atoms with Gasteiger partial charge >= 0.3 is 6.18 Å². The van der Waals surface area contributed by atoms with Crippen molar-refractivity contribution in [2.75, 3.05) is 33.2 Å². The van der Waals surface area contributed by atoms with Crippen LogP contribution in [0.5, 0.6) is 0 Å². The number of likely N-dealkylation sites (tertiary alicyclic amines) is 1. The van der Waals surface area contributed by atoms with E-state index < -0.39 is 18.2 Å². The molecule has 1 saturated heterocycles. The van der Waals surface area contributed by atoms with Gasteiger partial charge in [0, 0.05) is 38.1 Å². The molecule has 1 heterocycles. The minimum atomic E-state index is -4.36. The van der Waals surface area contributed by atoms with E-state index in [1.807, 2.05) is 0 Å². The normalized spacial score (nSPS) is 20.2. The molecule has 2 fully saturated rings. The summed E-state index contributed by atoms with van der Waals surface area (Å²) in [5.41, 5.74) is -0.254. The van der Waals surface area contributed by atoms with E-state index in [0.29, 0.717) is 31.2 Å². The van der Waals surface area contributed by atoms with Crippen LogP contribution in [-0.2, 0) is 11.6 Å². The quantitative estimate of drug-likeness (QED) is 0.231. The largest absolute Gasteiger partial charge is 0.416 e. The first-order chi connectivity index (χ1) is 14.2. The lowest BCUT2D eigenvalue weighted by atomic mass is 9.64. The minimum Gasteiger partial charge on any atom is -0.356 e. The van der Waals surface area contributed by atoms with Gasteiger partial charge in [-0.15, -0.1) is 24.0 Å². The van der Waals surface area contributed by atoms with Gasteiger partial charge in [0.15, 0.2) is 5.96 Å². The second-order valence-electron chi connectivity index (χ2n) is 8.25. The zero-order valence-corrected chi connectivity index (χ0v) is 19.9. The Morgan fingerprint density at radius 3 is 2.42 bits per heavy atom. The number of benzene rings is 1. The minimum absolute atomic E-state index is 0. The zero-order valence-electron chi connectivity index (χ0n) is 17.5. The maximum absolute atomic E-state index is 13.1. The molecule has 0 aromatic heterocycles. The fourth-order valence-corrected chi connectivity index (χ4v) is 4.29. The number of hydrogen-bond acceptors (Lipinski definition) is 2. The Bertz CT molecular complexity index is 729. The summed E-state index contributed by atoms with van der Waals surface area (Å²) in [6, 6.07) is 5.74. The summed E-state index contributed by atoms with van der Waals surface area (Å²) in [6.07, 6.45) is -2.57. The molecular formula is C21H30F5IN4. The van der Waals surface area contributed by atoms with Gasteiger partial charge in [-0.2, -0.15) is 13.2 Å². The Hall–Kier alpha value is -1.17. The molecule has 1 saturated carbocycles. The van der Waals surface area contributed by atoms with Gasteiger partial charge in [-0.3, -0.25) is 9.89 Å². The molecule has 2 N–H and O–H groups in total. The van der Waals surface area contributed by atoms with E-state index in [1.54, 1.807) is 18.0 Å². The van der Waals surface area contributed by atoms with Gasteiger partial charge in [-0.25, -0.2) is 8.78 Å². The third kappa shape index (κ3) is 6.90. The predicted molar refractivity (Wildman–Crippen MR) is 122 cm³/mol. The first kappa shape index (κ1) is 26.1. The Morgan fingerprint density at radius 2 is 1.90 bits per heavy atom. The van der Waals surface area contributed by atoms with E-state index in [1.165, 1.54) is 12.1 Å². The molecule has 176 valence electrons. The van der Waals surface area contributed by atoms with Gasteiger partial charge in [-0.1, -0.05) is 24.6 Å². The molecule has 0 spiro atoms. The van der Waals surface area contributed by atoms with Crippen LogP contribution in [0.4, 0.5) is 22.0 Å². The number of alkyl halides is 5. The molecule has 3 rings (SSSR count). The average Bonchev–Trinajstić information content (AvgIpc) is 2.66. The van der Waals surface area contributed by atoms with Gasteiger partial charge in [0.1, 0.15) is 0 Å². The maximum atomic E-state index is 13.1. The lowest BCUT2D eigenvalue weighted by Gasteiger charge is -2.43. The van der Waals surface area contributed by atoms with Crippen molar-refractivity contribution in [3.63, 3.8) is 0 Å². The van der Waals surface area contributed by atoms with E-state index in [-0.39, 0.29) is 42.0 Å². The summed E-state index contributed by atoms with van der Waals surface area (Å²) >= 11 is 0. The topological polar surface area (TPSA) is 39.7 Å². The van der Waals surface area contributed by atoms with Crippen LogP contribution in [0.25, 0.3) is 0 Å². The van der Waals surface area contributed by atoms with Gasteiger partial charge in [0.2, 0.25) is 0 Å². The van der Waals surface area contributed by atoms with Crippen molar-refractivity contribution < 1.29 is 22.0 Å². The van der Waals surface area contributed by atoms with Crippen LogP contribution in [0.15, 0.2) is 29.3 Å². The highest BCUT2D eigenvalue weighted by Gasteiger charge is 2.40. The van der Waals surface area contributed by atoms with Crippen LogP contribution in [-0.4, -0.2) is 56.6 Å². The third-order valence-corrected chi connectivity index (χ3v) is 6.26. The van der Waals surface area contributed by atoms with E-state index in [0.717, 1.165) is 38.2 Å². The van der Waals surface area contributed by atoms with Gasteiger partial charge in [-0.05, 0) is 37.3 Å². The molecule has 2 aliphatic rings. The first-order valence-electron chi connectivity index (χ1n) is 10.4. The molecule has 1 aliphatic heterocycles. The van der Waals surface area contributed by atoms with Crippen LogP contribution in [0, 0.1) is 0 Å². The molecule has 0 bridgehead atoms.